The van der Waals surface area contributed by atoms with Crippen LogP contribution in [-0.4, -0.2) is 24.4 Å². The van der Waals surface area contributed by atoms with Crippen LogP contribution in [0.2, 0.25) is 0 Å². The number of rotatable bonds is 4. The Morgan fingerprint density at radius 1 is 0.806 bits per heavy atom. The molecule has 0 heterocycles. The van der Waals surface area contributed by atoms with Gasteiger partial charge >= 0.3 is 6.09 Å². The van der Waals surface area contributed by atoms with Gasteiger partial charge in [0.1, 0.15) is 28.8 Å². The Hall–Kier alpha value is -2.17. The van der Waals surface area contributed by atoms with Gasteiger partial charge in [0.05, 0.1) is 6.66 Å². The monoisotopic (exact) mass is 615 g/mol. The van der Waals surface area contributed by atoms with E-state index in [2.05, 4.69) is 110 Å². The fraction of sp³-hybridized carbons (Fsp3) is 0.323. The molecular weight excluding hydrogens is 576 g/mol. The van der Waals surface area contributed by atoms with E-state index in [4.69, 9.17) is 4.74 Å². The molecular formula is C31H39INO2P. The maximum atomic E-state index is 11.5. The molecule has 0 atom stereocenters. The van der Waals surface area contributed by atoms with E-state index in [1.165, 1.54) is 21.5 Å². The van der Waals surface area contributed by atoms with Gasteiger partial charge in [-0.1, -0.05) is 66.7 Å². The number of benzene rings is 3. The lowest BCUT2D eigenvalue weighted by molar-refractivity contribution is -0.0000309. The van der Waals surface area contributed by atoms with Crippen LogP contribution in [0.1, 0.15) is 46.5 Å². The molecule has 0 spiro atoms. The fourth-order valence-corrected chi connectivity index (χ4v) is 7.47. The van der Waals surface area contributed by atoms with Crippen molar-refractivity contribution in [2.24, 2.45) is 0 Å². The van der Waals surface area contributed by atoms with E-state index < -0.39 is 12.9 Å². The van der Waals surface area contributed by atoms with E-state index in [-0.39, 0.29) is 36.1 Å². The number of alkyl carbamates (subject to hydrolysis) is 1. The van der Waals surface area contributed by atoms with Crippen LogP contribution >= 0.6 is 7.26 Å². The average Bonchev–Trinajstić information content (AvgIpc) is 2.86. The van der Waals surface area contributed by atoms with Gasteiger partial charge in [-0.05, 0) is 82.9 Å². The zero-order valence-corrected chi connectivity index (χ0v) is 25.0. The Morgan fingerprint density at radius 2 is 1.17 bits per heavy atom. The molecule has 1 N–H and O–H groups in total. The third kappa shape index (κ3) is 8.74. The van der Waals surface area contributed by atoms with Gasteiger partial charge in [0.25, 0.3) is 0 Å². The second-order valence-electron chi connectivity index (χ2n) is 10.2. The first-order valence-electron chi connectivity index (χ1n) is 12.4. The smallest absolute Gasteiger partial charge is 0.407 e. The lowest BCUT2D eigenvalue weighted by atomic mass is 9.92. The molecule has 1 amide bonds. The summed E-state index contributed by atoms with van der Waals surface area (Å²) in [6.07, 6.45) is 3.69. The zero-order chi connectivity index (χ0) is 25.3. The number of hydrogen-bond acceptors (Lipinski definition) is 2. The quantitative estimate of drug-likeness (QED) is 0.277. The molecule has 1 fully saturated rings. The highest BCUT2D eigenvalue weighted by Crippen LogP contribution is 2.51. The number of ether oxygens (including phenoxy) is 1. The summed E-state index contributed by atoms with van der Waals surface area (Å²) in [4.78, 5) is 11.5. The van der Waals surface area contributed by atoms with Crippen molar-refractivity contribution >= 4 is 29.3 Å². The number of hydrogen-bond donors (Lipinski definition) is 1. The number of amides is 1. The van der Waals surface area contributed by atoms with Crippen molar-refractivity contribution in [1.82, 2.24) is 5.32 Å². The van der Waals surface area contributed by atoms with E-state index in [0.29, 0.717) is 0 Å². The van der Waals surface area contributed by atoms with E-state index in [1.807, 2.05) is 20.8 Å². The summed E-state index contributed by atoms with van der Waals surface area (Å²) in [6.45, 7) is 12.0. The SMILES string of the molecule is C=C1CCC(NC(=O)OC(C)(C)C)CC1.C[P+](c1ccccc1)(c1ccccc1)c1ccccc1.[I-]. The van der Waals surface area contributed by atoms with Crippen molar-refractivity contribution in [1.29, 1.82) is 0 Å². The fourth-order valence-electron chi connectivity index (χ4n) is 4.27. The molecule has 192 valence electrons. The molecule has 0 saturated heterocycles. The van der Waals surface area contributed by atoms with Crippen molar-refractivity contribution in [2.75, 3.05) is 6.66 Å². The average molecular weight is 616 g/mol. The summed E-state index contributed by atoms with van der Waals surface area (Å²) in [7, 11) is -1.53. The molecule has 0 unspecified atom stereocenters. The van der Waals surface area contributed by atoms with E-state index in [9.17, 15) is 4.79 Å². The van der Waals surface area contributed by atoms with Crippen LogP contribution in [0.25, 0.3) is 0 Å². The standard InChI is InChI=1S/C19H18P.C12H21NO2.HI/c1-20(17-11-5-2-6-12-17,18-13-7-3-8-14-18)19-15-9-4-10-16-19;1-9-5-7-10(8-6-9)13-11(14)15-12(2,3)4;/h2-16H,1H3;10H,1,5-8H2,2-4H3,(H,13,14);1H/q+1;;/p-1. The molecule has 0 aromatic heterocycles. The van der Waals surface area contributed by atoms with Crippen LogP contribution in [-0.2, 0) is 4.74 Å². The number of carbonyl (C=O) groups excluding carboxylic acids is 1. The van der Waals surface area contributed by atoms with Crippen LogP contribution in [0.15, 0.2) is 103 Å². The lowest BCUT2D eigenvalue weighted by Crippen LogP contribution is -3.00. The molecule has 3 nitrogen and oxygen atoms in total. The van der Waals surface area contributed by atoms with Gasteiger partial charge in [-0.2, -0.15) is 0 Å². The van der Waals surface area contributed by atoms with Crippen LogP contribution < -0.4 is 45.2 Å². The predicted molar refractivity (Wildman–Crippen MR) is 152 cm³/mol. The predicted octanol–water partition coefficient (Wildman–Crippen LogP) is 3.62. The van der Waals surface area contributed by atoms with Crippen LogP contribution in [0.5, 0.6) is 0 Å². The van der Waals surface area contributed by atoms with Crippen LogP contribution in [0, 0.1) is 0 Å². The van der Waals surface area contributed by atoms with Crippen LogP contribution in [0.3, 0.4) is 0 Å². The molecule has 1 aliphatic rings. The molecule has 0 bridgehead atoms. The van der Waals surface area contributed by atoms with Gasteiger partial charge in [-0.3, -0.25) is 0 Å². The summed E-state index contributed by atoms with van der Waals surface area (Å²) < 4.78 is 5.19. The molecule has 1 aliphatic carbocycles. The maximum Gasteiger partial charge on any atom is 0.407 e. The minimum Gasteiger partial charge on any atom is -1.00 e. The van der Waals surface area contributed by atoms with Gasteiger partial charge < -0.3 is 34.0 Å². The topological polar surface area (TPSA) is 38.3 Å². The van der Waals surface area contributed by atoms with Gasteiger partial charge in [-0.25, -0.2) is 4.79 Å². The summed E-state index contributed by atoms with van der Waals surface area (Å²) in [5.74, 6) is 0. The summed E-state index contributed by atoms with van der Waals surface area (Å²) >= 11 is 0. The Labute approximate surface area is 235 Å². The van der Waals surface area contributed by atoms with Crippen molar-refractivity contribution in [3.8, 4) is 0 Å². The molecule has 3 aromatic rings. The number of carbonyl (C=O) groups is 1. The second kappa shape index (κ2) is 13.9. The first-order valence-corrected chi connectivity index (χ1v) is 14.6. The minimum atomic E-state index is -1.53. The molecule has 5 heteroatoms. The number of nitrogens with one attached hydrogen (secondary N) is 1. The molecule has 3 aromatic carbocycles. The van der Waals surface area contributed by atoms with Gasteiger partial charge in [0, 0.05) is 6.04 Å². The number of allylic oxidation sites excluding steroid dienone is 1. The molecule has 1 saturated carbocycles. The van der Waals surface area contributed by atoms with Crippen molar-refractivity contribution < 1.29 is 33.5 Å². The summed E-state index contributed by atoms with van der Waals surface area (Å²) in [5.41, 5.74) is 0.875. The normalized spacial score (nSPS) is 14.1. The van der Waals surface area contributed by atoms with Crippen LogP contribution in [0.4, 0.5) is 4.79 Å². The third-order valence-corrected chi connectivity index (χ3v) is 10.2. The summed E-state index contributed by atoms with van der Waals surface area (Å²) in [6, 6.07) is 32.9. The largest absolute Gasteiger partial charge is 1.00 e. The van der Waals surface area contributed by atoms with Gasteiger partial charge in [0.2, 0.25) is 0 Å². The maximum absolute atomic E-state index is 11.5. The van der Waals surface area contributed by atoms with E-state index in [0.717, 1.165) is 25.7 Å². The van der Waals surface area contributed by atoms with Gasteiger partial charge in [0.15, 0.2) is 0 Å². The summed E-state index contributed by atoms with van der Waals surface area (Å²) in [5, 5.41) is 7.18. The molecule has 0 radical (unpaired) electrons. The molecule has 4 rings (SSSR count). The Morgan fingerprint density at radius 3 is 1.50 bits per heavy atom. The second-order valence-corrected chi connectivity index (χ2v) is 13.7. The van der Waals surface area contributed by atoms with Crippen molar-refractivity contribution in [3.05, 3.63) is 103 Å². The number of halogens is 1. The highest BCUT2D eigenvalue weighted by molar-refractivity contribution is 7.95. The Balaban J connectivity index is 0.000000258. The lowest BCUT2D eigenvalue weighted by Gasteiger charge is -2.26. The highest BCUT2D eigenvalue weighted by Gasteiger charge is 2.39. The first kappa shape index (κ1) is 30.1. The third-order valence-electron chi connectivity index (χ3n) is 6.23. The van der Waals surface area contributed by atoms with E-state index in [1.54, 1.807) is 0 Å². The zero-order valence-electron chi connectivity index (χ0n) is 21.9. The van der Waals surface area contributed by atoms with Crippen molar-refractivity contribution in [3.63, 3.8) is 0 Å². The molecule has 0 aliphatic heterocycles. The Bertz CT molecular complexity index is 975. The first-order chi connectivity index (χ1) is 16.7. The Kier molecular flexibility index (Phi) is 11.6. The van der Waals surface area contributed by atoms with Crippen molar-refractivity contribution in [2.45, 2.75) is 58.1 Å². The highest BCUT2D eigenvalue weighted by atomic mass is 127. The minimum absolute atomic E-state index is 0. The van der Waals surface area contributed by atoms with E-state index >= 15 is 0 Å². The van der Waals surface area contributed by atoms with Gasteiger partial charge in [-0.15, -0.1) is 0 Å². The molecule has 36 heavy (non-hydrogen) atoms.